The van der Waals surface area contributed by atoms with Crippen LogP contribution in [-0.4, -0.2) is 42.3 Å². The lowest BCUT2D eigenvalue weighted by Gasteiger charge is -2.45. The van der Waals surface area contributed by atoms with E-state index in [1.807, 2.05) is 30.3 Å². The van der Waals surface area contributed by atoms with Crippen LogP contribution in [0.15, 0.2) is 60.7 Å². The molecular weight excluding hydrogens is 434 g/mol. The summed E-state index contributed by atoms with van der Waals surface area (Å²) >= 11 is 0. The molecule has 2 bridgehead atoms. The molecule has 3 aliphatic rings. The molecule has 0 spiro atoms. The molecular formula is C31H42NO3+. The molecule has 1 aliphatic heterocycles. The van der Waals surface area contributed by atoms with Crippen LogP contribution in [0.2, 0.25) is 0 Å². The molecule has 3 fully saturated rings. The van der Waals surface area contributed by atoms with Gasteiger partial charge in [0.25, 0.3) is 0 Å². The van der Waals surface area contributed by atoms with Crippen LogP contribution in [0.1, 0.15) is 62.5 Å². The highest BCUT2D eigenvalue weighted by Gasteiger charge is 2.51. The zero-order valence-electron chi connectivity index (χ0n) is 21.3. The number of quaternary nitrogens is 1. The van der Waals surface area contributed by atoms with Gasteiger partial charge in [0.05, 0.1) is 26.7 Å². The van der Waals surface area contributed by atoms with Gasteiger partial charge in [-0.1, -0.05) is 86.3 Å². The summed E-state index contributed by atoms with van der Waals surface area (Å²) < 4.78 is 7.14. The van der Waals surface area contributed by atoms with Gasteiger partial charge >= 0.3 is 5.97 Å². The second-order valence-corrected chi connectivity index (χ2v) is 11.8. The Morgan fingerprint density at radius 1 is 0.886 bits per heavy atom. The van der Waals surface area contributed by atoms with E-state index in [9.17, 15) is 9.90 Å². The van der Waals surface area contributed by atoms with E-state index in [0.717, 1.165) is 49.8 Å². The predicted octanol–water partition coefficient (Wildman–Crippen LogP) is 5.69. The fourth-order valence-electron chi connectivity index (χ4n) is 7.52. The molecule has 1 saturated heterocycles. The molecule has 4 nitrogen and oxygen atoms in total. The Morgan fingerprint density at radius 3 is 2.06 bits per heavy atom. The molecule has 2 aliphatic carbocycles. The van der Waals surface area contributed by atoms with Gasteiger partial charge in [-0.3, -0.25) is 0 Å². The number of nitrogens with zero attached hydrogens (tertiary/aromatic N) is 1. The third-order valence-electron chi connectivity index (χ3n) is 9.25. The first-order valence-electron chi connectivity index (χ1n) is 13.8. The van der Waals surface area contributed by atoms with Crippen LogP contribution in [0.3, 0.4) is 0 Å². The summed E-state index contributed by atoms with van der Waals surface area (Å²) in [7, 11) is 2.39. The van der Waals surface area contributed by atoms with Gasteiger partial charge < -0.3 is 14.3 Å². The fraction of sp³-hybridized carbons (Fsp3) is 0.581. The van der Waals surface area contributed by atoms with Crippen molar-refractivity contribution in [2.45, 2.75) is 63.5 Å². The largest absolute Gasteiger partial charge is 0.463 e. The minimum atomic E-state index is -1.54. The van der Waals surface area contributed by atoms with Crippen molar-refractivity contribution in [1.29, 1.82) is 0 Å². The Bertz CT molecular complexity index is 955. The SMILES string of the molecule is C[N+]1(Cc2ccccc2)CC2CCC(C1)C2COC(=O)C(O)(c1ccccc1)C1CCCCCC1. The number of carbonyl (C=O) groups is 1. The molecule has 2 aromatic carbocycles. The number of aliphatic hydroxyl groups is 1. The third-order valence-corrected chi connectivity index (χ3v) is 9.25. The molecule has 0 radical (unpaired) electrons. The highest BCUT2D eigenvalue weighted by molar-refractivity contribution is 5.81. The van der Waals surface area contributed by atoms with Crippen molar-refractivity contribution in [2.75, 3.05) is 26.7 Å². The van der Waals surface area contributed by atoms with Crippen molar-refractivity contribution in [1.82, 2.24) is 0 Å². The molecule has 35 heavy (non-hydrogen) atoms. The summed E-state index contributed by atoms with van der Waals surface area (Å²) in [4.78, 5) is 13.6. The van der Waals surface area contributed by atoms with Gasteiger partial charge in [0.2, 0.25) is 0 Å². The number of likely N-dealkylation sites (tertiary alicyclic amines) is 1. The van der Waals surface area contributed by atoms with Crippen molar-refractivity contribution < 1.29 is 19.1 Å². The Kier molecular flexibility index (Phi) is 7.31. The van der Waals surface area contributed by atoms with Crippen molar-refractivity contribution >= 4 is 5.97 Å². The lowest BCUT2D eigenvalue weighted by atomic mass is 9.77. The molecule has 0 amide bonds. The number of benzene rings is 2. The van der Waals surface area contributed by atoms with Gasteiger partial charge in [0, 0.05) is 29.2 Å². The molecule has 5 rings (SSSR count). The summed E-state index contributed by atoms with van der Waals surface area (Å²) in [5.74, 6) is 1.07. The van der Waals surface area contributed by atoms with Crippen LogP contribution < -0.4 is 0 Å². The third kappa shape index (κ3) is 5.20. The summed E-state index contributed by atoms with van der Waals surface area (Å²) in [6.07, 6.45) is 8.70. The van der Waals surface area contributed by atoms with Crippen LogP contribution in [0, 0.1) is 23.7 Å². The summed E-state index contributed by atoms with van der Waals surface area (Å²) in [5.41, 5.74) is 0.545. The summed E-state index contributed by atoms with van der Waals surface area (Å²) in [5, 5.41) is 11.9. The van der Waals surface area contributed by atoms with Crippen LogP contribution in [0.5, 0.6) is 0 Å². The number of hydrogen-bond acceptors (Lipinski definition) is 3. The van der Waals surface area contributed by atoms with E-state index < -0.39 is 11.6 Å². The van der Waals surface area contributed by atoms with Gasteiger partial charge in [0.15, 0.2) is 5.60 Å². The number of piperidine rings is 1. The van der Waals surface area contributed by atoms with Gasteiger partial charge in [-0.15, -0.1) is 0 Å². The van der Waals surface area contributed by atoms with Crippen molar-refractivity contribution in [2.24, 2.45) is 23.7 Å². The van der Waals surface area contributed by atoms with E-state index in [2.05, 4.69) is 37.4 Å². The predicted molar refractivity (Wildman–Crippen MR) is 138 cm³/mol. The molecule has 0 aromatic heterocycles. The van der Waals surface area contributed by atoms with E-state index in [1.54, 1.807) is 0 Å². The average Bonchev–Trinajstić information content (AvgIpc) is 3.05. The molecule has 1 N–H and O–H groups in total. The first-order chi connectivity index (χ1) is 17.0. The highest BCUT2D eigenvalue weighted by atomic mass is 16.5. The zero-order valence-corrected chi connectivity index (χ0v) is 21.3. The molecule has 3 unspecified atom stereocenters. The molecule has 1 heterocycles. The van der Waals surface area contributed by atoms with Crippen LogP contribution in [0.25, 0.3) is 0 Å². The van der Waals surface area contributed by atoms with E-state index in [4.69, 9.17) is 4.74 Å². The highest BCUT2D eigenvalue weighted by Crippen LogP contribution is 2.46. The maximum Gasteiger partial charge on any atom is 0.343 e. The molecule has 2 aromatic rings. The molecule has 2 saturated carbocycles. The van der Waals surface area contributed by atoms with Gasteiger partial charge in [-0.25, -0.2) is 4.79 Å². The number of esters is 1. The number of rotatable bonds is 7. The van der Waals surface area contributed by atoms with E-state index in [-0.39, 0.29) is 5.92 Å². The first kappa shape index (κ1) is 24.5. The summed E-state index contributed by atoms with van der Waals surface area (Å²) in [6, 6.07) is 20.4. The lowest BCUT2D eigenvalue weighted by molar-refractivity contribution is -0.933. The zero-order chi connectivity index (χ0) is 24.3. The number of fused-ring (bicyclic) bond motifs is 2. The molecule has 3 atom stereocenters. The average molecular weight is 477 g/mol. The molecule has 4 heteroatoms. The van der Waals surface area contributed by atoms with Crippen molar-refractivity contribution in [3.05, 3.63) is 71.8 Å². The number of hydrogen-bond donors (Lipinski definition) is 1. The minimum Gasteiger partial charge on any atom is -0.463 e. The van der Waals surface area contributed by atoms with E-state index in [0.29, 0.717) is 29.9 Å². The Hall–Kier alpha value is -2.17. The maximum absolute atomic E-state index is 13.6. The number of carbonyl (C=O) groups excluding carboxylic acids is 1. The molecule has 188 valence electrons. The van der Waals surface area contributed by atoms with Gasteiger partial charge in [-0.2, -0.15) is 0 Å². The van der Waals surface area contributed by atoms with Crippen molar-refractivity contribution in [3.8, 4) is 0 Å². The second kappa shape index (κ2) is 10.4. The number of ether oxygens (including phenoxy) is 1. The Morgan fingerprint density at radius 2 is 1.46 bits per heavy atom. The topological polar surface area (TPSA) is 46.5 Å². The lowest BCUT2D eigenvalue weighted by Crippen LogP contribution is -2.55. The van der Waals surface area contributed by atoms with E-state index >= 15 is 0 Å². The van der Waals surface area contributed by atoms with Crippen LogP contribution in [-0.2, 0) is 21.7 Å². The second-order valence-electron chi connectivity index (χ2n) is 11.8. The van der Waals surface area contributed by atoms with Crippen molar-refractivity contribution in [3.63, 3.8) is 0 Å². The quantitative estimate of drug-likeness (QED) is 0.317. The standard InChI is InChI=1S/C31H42NO3/c1-32(20-24-12-6-4-7-13-24)21-25-18-19-26(22-32)29(25)23-35-30(33)31(34,28-16-10-5-11-17-28)27-14-8-2-3-9-15-27/h4-7,10-13,16-17,25-27,29,34H,2-3,8-9,14-15,18-23H2,1H3/q+1. The first-order valence-corrected chi connectivity index (χ1v) is 13.8. The summed E-state index contributed by atoms with van der Waals surface area (Å²) in [6.45, 7) is 3.79. The Labute approximate surface area is 210 Å². The van der Waals surface area contributed by atoms with Crippen LogP contribution >= 0.6 is 0 Å². The van der Waals surface area contributed by atoms with Gasteiger partial charge in [-0.05, 0) is 31.2 Å². The smallest absolute Gasteiger partial charge is 0.343 e. The monoisotopic (exact) mass is 476 g/mol. The van der Waals surface area contributed by atoms with Gasteiger partial charge in [0.1, 0.15) is 6.54 Å². The van der Waals surface area contributed by atoms with Crippen LogP contribution in [0.4, 0.5) is 0 Å². The Balaban J connectivity index is 1.27. The minimum absolute atomic E-state index is 0.0752. The maximum atomic E-state index is 13.6. The van der Waals surface area contributed by atoms with E-state index in [1.165, 1.54) is 31.2 Å². The normalized spacial score (nSPS) is 30.9. The fourth-order valence-corrected chi connectivity index (χ4v) is 7.52.